The molecule has 3 heterocycles. The maximum atomic E-state index is 13.5. The van der Waals surface area contributed by atoms with Gasteiger partial charge in [0.25, 0.3) is 5.82 Å². The van der Waals surface area contributed by atoms with Crippen LogP contribution in [0.5, 0.6) is 5.75 Å². The van der Waals surface area contributed by atoms with Crippen LogP contribution in [0.4, 0.5) is 5.82 Å². The predicted molar refractivity (Wildman–Crippen MR) is 138 cm³/mol. The van der Waals surface area contributed by atoms with E-state index in [4.69, 9.17) is 14.4 Å². The second kappa shape index (κ2) is 10.4. The number of furan rings is 1. The van der Waals surface area contributed by atoms with E-state index >= 15 is 0 Å². The second-order valence-electron chi connectivity index (χ2n) is 8.91. The third kappa shape index (κ3) is 5.20. The Morgan fingerprint density at radius 2 is 2.03 bits per heavy atom. The fourth-order valence-electron chi connectivity index (χ4n) is 4.72. The van der Waals surface area contributed by atoms with Gasteiger partial charge in [0.1, 0.15) is 36.0 Å². The number of benzene rings is 1. The lowest BCUT2D eigenvalue weighted by Crippen LogP contribution is -2.42. The van der Waals surface area contributed by atoms with Gasteiger partial charge in [-0.25, -0.2) is 15.1 Å². The number of nitriles is 1. The van der Waals surface area contributed by atoms with Crippen molar-refractivity contribution in [3.05, 3.63) is 99.8 Å². The van der Waals surface area contributed by atoms with E-state index in [2.05, 4.69) is 44.2 Å². The summed E-state index contributed by atoms with van der Waals surface area (Å²) in [6, 6.07) is 16.0. The molecule has 2 unspecified atom stereocenters. The standard InChI is InChI=1S/C28H23BrN4O4/c1-16-25(28(35)33-24-12-7-18(29)14-31-24)27(26-21(32-16)3-2-4-22(26)34)23-11-10-20(37-23)15-36-19-8-5-17(13-30)6-9-19/h5-12,14,25,27,32H,1-4,15H2,(H,31,33,35)/p+1. The first-order chi connectivity index (χ1) is 17.9. The summed E-state index contributed by atoms with van der Waals surface area (Å²) >= 11 is 3.37. The molecule has 0 fully saturated rings. The molecule has 3 aromatic rings. The monoisotopic (exact) mass is 559 g/mol. The number of aromatic amines is 1. The van der Waals surface area contributed by atoms with Crippen LogP contribution in [0.2, 0.25) is 0 Å². The molecular weight excluding hydrogens is 536 g/mol. The summed E-state index contributed by atoms with van der Waals surface area (Å²) in [5.74, 6) is 0.488. The first kappa shape index (κ1) is 24.5. The number of pyridine rings is 1. The van der Waals surface area contributed by atoms with Gasteiger partial charge in [0.2, 0.25) is 0 Å². The van der Waals surface area contributed by atoms with E-state index in [1.807, 2.05) is 6.07 Å². The van der Waals surface area contributed by atoms with Gasteiger partial charge >= 0.3 is 5.91 Å². The molecule has 0 radical (unpaired) electrons. The highest BCUT2D eigenvalue weighted by molar-refractivity contribution is 9.10. The van der Waals surface area contributed by atoms with Crippen molar-refractivity contribution in [1.29, 1.82) is 5.26 Å². The van der Waals surface area contributed by atoms with Gasteiger partial charge in [-0.15, -0.1) is 0 Å². The average molecular weight is 560 g/mol. The zero-order chi connectivity index (χ0) is 25.9. The number of rotatable bonds is 6. The van der Waals surface area contributed by atoms with Crippen LogP contribution in [-0.2, 0) is 16.2 Å². The fraction of sp³-hybridized carbons (Fsp3) is 0.214. The van der Waals surface area contributed by atoms with Gasteiger partial charge in [-0.3, -0.25) is 4.79 Å². The number of carbonyl (C=O) groups excluding carboxylic acids is 2. The van der Waals surface area contributed by atoms with Gasteiger partial charge in [-0.05, 0) is 71.2 Å². The number of ether oxygens (including phenoxy) is 1. The molecule has 2 atom stereocenters. The Kier molecular flexibility index (Phi) is 6.93. The number of nitrogens with one attached hydrogen (secondary N) is 3. The fourth-order valence-corrected chi connectivity index (χ4v) is 4.97. The first-order valence-electron chi connectivity index (χ1n) is 11.8. The molecule has 0 saturated heterocycles. The first-order valence-corrected chi connectivity index (χ1v) is 12.6. The van der Waals surface area contributed by atoms with Crippen molar-refractivity contribution in [3.8, 4) is 11.8 Å². The molecule has 3 N–H and O–H groups in total. The summed E-state index contributed by atoms with van der Waals surface area (Å²) in [6.45, 7) is 4.29. The van der Waals surface area contributed by atoms with Gasteiger partial charge in [0, 0.05) is 29.5 Å². The third-order valence-electron chi connectivity index (χ3n) is 6.46. The zero-order valence-electron chi connectivity index (χ0n) is 19.8. The number of ketones is 1. The summed E-state index contributed by atoms with van der Waals surface area (Å²) in [5, 5.41) is 15.1. The van der Waals surface area contributed by atoms with Crippen LogP contribution in [-0.4, -0.2) is 11.7 Å². The summed E-state index contributed by atoms with van der Waals surface area (Å²) < 4.78 is 12.8. The molecular formula is C28H24BrN4O4+. The van der Waals surface area contributed by atoms with Crippen molar-refractivity contribution in [2.45, 2.75) is 31.8 Å². The molecule has 2 aliphatic rings. The molecule has 8 nitrogen and oxygen atoms in total. The molecule has 1 aromatic carbocycles. The third-order valence-corrected chi connectivity index (χ3v) is 6.95. The number of anilines is 1. The minimum Gasteiger partial charge on any atom is -0.486 e. The average Bonchev–Trinajstić information content (AvgIpc) is 3.37. The van der Waals surface area contributed by atoms with Crippen molar-refractivity contribution in [3.63, 3.8) is 0 Å². The van der Waals surface area contributed by atoms with Gasteiger partial charge in [0.15, 0.2) is 5.78 Å². The van der Waals surface area contributed by atoms with Gasteiger partial charge < -0.3 is 14.5 Å². The summed E-state index contributed by atoms with van der Waals surface area (Å²) in [7, 11) is 0. The highest BCUT2D eigenvalue weighted by atomic mass is 79.9. The number of halogens is 1. The number of nitrogens with zero attached hydrogens (tertiary/aromatic N) is 1. The van der Waals surface area contributed by atoms with Crippen LogP contribution in [0.3, 0.4) is 0 Å². The van der Waals surface area contributed by atoms with E-state index in [1.54, 1.807) is 48.7 Å². The van der Waals surface area contributed by atoms with Crippen molar-refractivity contribution in [2.75, 3.05) is 5.32 Å². The van der Waals surface area contributed by atoms with Crippen molar-refractivity contribution < 1.29 is 23.7 Å². The van der Waals surface area contributed by atoms with Crippen molar-refractivity contribution >= 4 is 33.4 Å². The lowest BCUT2D eigenvalue weighted by atomic mass is 9.73. The van der Waals surface area contributed by atoms with Crippen LogP contribution < -0.4 is 20.4 Å². The van der Waals surface area contributed by atoms with E-state index in [1.165, 1.54) is 0 Å². The smallest absolute Gasteiger partial charge is 0.317 e. The van der Waals surface area contributed by atoms with Crippen LogP contribution >= 0.6 is 15.9 Å². The Labute approximate surface area is 222 Å². The summed E-state index contributed by atoms with van der Waals surface area (Å²) in [4.78, 5) is 29.6. The lowest BCUT2D eigenvalue weighted by molar-refractivity contribution is -0.361. The molecule has 1 aliphatic carbocycles. The predicted octanol–water partition coefficient (Wildman–Crippen LogP) is 4.77. The number of aromatic nitrogens is 1. The molecule has 0 spiro atoms. The summed E-state index contributed by atoms with van der Waals surface area (Å²) in [5.41, 5.74) is 2.44. The van der Waals surface area contributed by atoms with E-state index in [0.29, 0.717) is 52.8 Å². The molecule has 1 amide bonds. The highest BCUT2D eigenvalue weighted by Gasteiger charge is 2.46. The topological polar surface area (TPSA) is 118 Å². The van der Waals surface area contributed by atoms with Gasteiger partial charge in [-0.1, -0.05) is 6.58 Å². The lowest BCUT2D eigenvalue weighted by Gasteiger charge is -2.36. The Morgan fingerprint density at radius 3 is 2.76 bits per heavy atom. The van der Waals surface area contributed by atoms with Crippen molar-refractivity contribution in [2.24, 2.45) is 5.92 Å². The molecule has 186 valence electrons. The van der Waals surface area contributed by atoms with Crippen LogP contribution in [0.1, 0.15) is 42.3 Å². The number of hydrogen-bond acceptors (Lipinski definition) is 6. The van der Waals surface area contributed by atoms with Crippen LogP contribution in [0, 0.1) is 17.2 Å². The van der Waals surface area contributed by atoms with E-state index in [0.717, 1.165) is 16.6 Å². The number of amides is 1. The molecule has 2 aromatic heterocycles. The van der Waals surface area contributed by atoms with Crippen LogP contribution in [0.25, 0.3) is 0 Å². The van der Waals surface area contributed by atoms with Gasteiger partial charge in [0.05, 0.1) is 22.0 Å². The second-order valence-corrected chi connectivity index (χ2v) is 9.83. The van der Waals surface area contributed by atoms with Crippen molar-refractivity contribution in [1.82, 2.24) is 5.32 Å². The summed E-state index contributed by atoms with van der Waals surface area (Å²) in [6.07, 6.45) is 3.60. The maximum absolute atomic E-state index is 13.5. The van der Waals surface area contributed by atoms with Gasteiger partial charge in [-0.2, -0.15) is 5.26 Å². The SMILES string of the molecule is C=C1NC2=C(C(=O)CCC2)C(c2ccc(COc3ccc(C#N)cc3)o2)C1C(=O)Nc1ccc(Br)c[nH+]1. The minimum absolute atomic E-state index is 0.00559. The highest BCUT2D eigenvalue weighted by Crippen LogP contribution is 2.44. The number of Topliss-reactive ketones (excluding diaryl/α,β-unsaturated/α-hetero) is 1. The largest absolute Gasteiger partial charge is 0.486 e. The Balaban J connectivity index is 1.43. The number of H-pyrrole nitrogens is 1. The molecule has 0 bridgehead atoms. The normalized spacial score (nSPS) is 19.0. The minimum atomic E-state index is -0.767. The quantitative estimate of drug-likeness (QED) is 0.449. The van der Waals surface area contributed by atoms with Crippen LogP contribution in [0.15, 0.2) is 87.2 Å². The number of allylic oxidation sites excluding steroid dienone is 2. The molecule has 5 rings (SSSR count). The molecule has 0 saturated carbocycles. The van der Waals surface area contributed by atoms with E-state index in [9.17, 15) is 9.59 Å². The Morgan fingerprint density at radius 1 is 1.22 bits per heavy atom. The molecule has 9 heteroatoms. The molecule has 37 heavy (non-hydrogen) atoms. The Hall–Kier alpha value is -4.16. The Bertz CT molecular complexity index is 1430. The number of carbonyl (C=O) groups is 2. The molecule has 1 aliphatic heterocycles. The van der Waals surface area contributed by atoms with E-state index < -0.39 is 11.8 Å². The van der Waals surface area contributed by atoms with E-state index in [-0.39, 0.29) is 18.3 Å². The zero-order valence-corrected chi connectivity index (χ0v) is 21.4. The number of hydrogen-bond donors (Lipinski definition) is 2. The maximum Gasteiger partial charge on any atom is 0.317 e.